The molecule has 4 rings (SSSR count). The van der Waals surface area contributed by atoms with Gasteiger partial charge in [-0.1, -0.05) is 19.8 Å². The lowest BCUT2D eigenvalue weighted by Gasteiger charge is -2.16. The topological polar surface area (TPSA) is 90.3 Å². The number of aryl methyl sites for hydroxylation is 1. The van der Waals surface area contributed by atoms with Gasteiger partial charge in [0.1, 0.15) is 5.82 Å². The molecule has 0 fully saturated rings. The van der Waals surface area contributed by atoms with Gasteiger partial charge in [0, 0.05) is 24.2 Å². The molecule has 0 radical (unpaired) electrons. The quantitative estimate of drug-likeness (QED) is 0.605. The van der Waals surface area contributed by atoms with E-state index < -0.39 is 0 Å². The van der Waals surface area contributed by atoms with Gasteiger partial charge in [-0.25, -0.2) is 9.78 Å². The van der Waals surface area contributed by atoms with E-state index in [0.717, 1.165) is 44.3 Å². The summed E-state index contributed by atoms with van der Waals surface area (Å²) in [5.74, 6) is 0.110. The lowest BCUT2D eigenvalue weighted by atomic mass is 10.1. The highest BCUT2D eigenvalue weighted by Crippen LogP contribution is 2.18. The van der Waals surface area contributed by atoms with Gasteiger partial charge < -0.3 is 10.1 Å². The molecule has 0 atom stereocenters. The van der Waals surface area contributed by atoms with Crippen molar-refractivity contribution in [2.45, 2.75) is 52.0 Å². The highest BCUT2D eigenvalue weighted by Gasteiger charge is 2.15. The molecule has 1 N–H and O–H groups in total. The normalized spacial score (nSPS) is 13.7. The second-order valence-corrected chi connectivity index (χ2v) is 8.05. The minimum absolute atomic E-state index is 0.0376. The van der Waals surface area contributed by atoms with Gasteiger partial charge in [0.25, 0.3) is 11.5 Å². The minimum Gasteiger partial charge on any atom is -0.462 e. The summed E-state index contributed by atoms with van der Waals surface area (Å²) in [5.41, 5.74) is 1.93. The summed E-state index contributed by atoms with van der Waals surface area (Å²) >= 11 is 0. The lowest BCUT2D eigenvalue weighted by Crippen LogP contribution is -2.26. The third kappa shape index (κ3) is 4.72. The number of ether oxygens (including phenoxy) is 1. The highest BCUT2D eigenvalue weighted by atomic mass is 16.5. The number of rotatable bonds is 5. The maximum atomic E-state index is 12.9. The maximum Gasteiger partial charge on any atom is 0.338 e. The Morgan fingerprint density at radius 3 is 2.56 bits per heavy atom. The average molecular weight is 434 g/mol. The second kappa shape index (κ2) is 9.77. The van der Waals surface area contributed by atoms with Crippen molar-refractivity contribution >= 4 is 28.5 Å². The van der Waals surface area contributed by atoms with E-state index in [1.807, 2.05) is 6.92 Å². The van der Waals surface area contributed by atoms with Gasteiger partial charge in [0.2, 0.25) is 0 Å². The molecule has 2 aromatic carbocycles. The van der Waals surface area contributed by atoms with Crippen LogP contribution in [0.1, 0.15) is 65.6 Å². The van der Waals surface area contributed by atoms with Crippen molar-refractivity contribution in [3.8, 4) is 0 Å². The number of amides is 1. The first-order chi connectivity index (χ1) is 15.6. The minimum atomic E-state index is -0.383. The van der Waals surface area contributed by atoms with Crippen molar-refractivity contribution in [1.82, 2.24) is 9.55 Å². The molecule has 0 aliphatic carbocycles. The van der Waals surface area contributed by atoms with Crippen LogP contribution in [-0.4, -0.2) is 28.0 Å². The number of anilines is 1. The Labute approximate surface area is 186 Å². The average Bonchev–Trinajstić information content (AvgIpc) is 2.79. The standard InChI is InChI=1S/C25H27N3O4/c1-2-15-32-25(31)17-8-11-19(12-9-17)26-23(29)18-10-13-20-21(16-18)27-22-7-5-3-4-6-14-28(22)24(20)30/h8-13,16H,2-7,14-15H2,1H3,(H,26,29). The second-order valence-electron chi connectivity index (χ2n) is 8.05. The first-order valence-electron chi connectivity index (χ1n) is 11.2. The molecule has 7 heteroatoms. The van der Waals surface area contributed by atoms with E-state index in [1.54, 1.807) is 47.0 Å². The van der Waals surface area contributed by atoms with E-state index in [4.69, 9.17) is 9.72 Å². The van der Waals surface area contributed by atoms with Crippen molar-refractivity contribution in [1.29, 1.82) is 0 Å². The number of hydrogen-bond donors (Lipinski definition) is 1. The summed E-state index contributed by atoms with van der Waals surface area (Å²) < 4.78 is 6.90. The molecule has 0 saturated heterocycles. The summed E-state index contributed by atoms with van der Waals surface area (Å²) in [6, 6.07) is 11.6. The van der Waals surface area contributed by atoms with Crippen LogP contribution in [0.15, 0.2) is 47.3 Å². The van der Waals surface area contributed by atoms with E-state index in [-0.39, 0.29) is 17.4 Å². The van der Waals surface area contributed by atoms with Crippen molar-refractivity contribution in [3.05, 3.63) is 69.8 Å². The zero-order valence-electron chi connectivity index (χ0n) is 18.2. The van der Waals surface area contributed by atoms with E-state index in [1.165, 1.54) is 0 Å². The van der Waals surface area contributed by atoms with Crippen LogP contribution >= 0.6 is 0 Å². The molecule has 0 saturated carbocycles. The van der Waals surface area contributed by atoms with Crippen molar-refractivity contribution in [2.24, 2.45) is 0 Å². The van der Waals surface area contributed by atoms with Crippen LogP contribution in [0.3, 0.4) is 0 Å². The van der Waals surface area contributed by atoms with Crippen LogP contribution in [0, 0.1) is 0 Å². The van der Waals surface area contributed by atoms with Gasteiger partial charge in [0.15, 0.2) is 0 Å². The smallest absolute Gasteiger partial charge is 0.338 e. The fraction of sp³-hybridized carbons (Fsp3) is 0.360. The maximum absolute atomic E-state index is 12.9. The van der Waals surface area contributed by atoms with Crippen LogP contribution < -0.4 is 10.9 Å². The molecule has 3 aromatic rings. The Kier molecular flexibility index (Phi) is 6.63. The van der Waals surface area contributed by atoms with Crippen LogP contribution in [0.4, 0.5) is 5.69 Å². The molecule has 0 bridgehead atoms. The van der Waals surface area contributed by atoms with Crippen molar-refractivity contribution in [3.63, 3.8) is 0 Å². The summed E-state index contributed by atoms with van der Waals surface area (Å²) in [7, 11) is 0. The summed E-state index contributed by atoms with van der Waals surface area (Å²) in [6.07, 6.45) is 5.80. The van der Waals surface area contributed by atoms with E-state index >= 15 is 0 Å². The molecular formula is C25H27N3O4. The number of esters is 1. The number of carbonyl (C=O) groups is 2. The van der Waals surface area contributed by atoms with Gasteiger partial charge in [-0.3, -0.25) is 14.2 Å². The Morgan fingerprint density at radius 2 is 1.78 bits per heavy atom. The molecule has 1 amide bonds. The number of nitrogens with zero attached hydrogens (tertiary/aromatic N) is 2. The summed E-state index contributed by atoms with van der Waals surface area (Å²) in [5, 5.41) is 3.35. The number of benzene rings is 2. The molecular weight excluding hydrogens is 406 g/mol. The van der Waals surface area contributed by atoms with Crippen LogP contribution in [-0.2, 0) is 17.7 Å². The lowest BCUT2D eigenvalue weighted by molar-refractivity contribution is 0.0505. The fourth-order valence-corrected chi connectivity index (χ4v) is 3.91. The third-order valence-corrected chi connectivity index (χ3v) is 5.64. The number of aromatic nitrogens is 2. The van der Waals surface area contributed by atoms with Gasteiger partial charge >= 0.3 is 5.97 Å². The Morgan fingerprint density at radius 1 is 1.03 bits per heavy atom. The number of nitrogens with one attached hydrogen (secondary N) is 1. The first-order valence-corrected chi connectivity index (χ1v) is 11.2. The van der Waals surface area contributed by atoms with Crippen molar-refractivity contribution < 1.29 is 14.3 Å². The van der Waals surface area contributed by atoms with E-state index in [9.17, 15) is 14.4 Å². The zero-order chi connectivity index (χ0) is 22.5. The summed E-state index contributed by atoms with van der Waals surface area (Å²) in [6.45, 7) is 3.00. The van der Waals surface area contributed by atoms with E-state index in [2.05, 4.69) is 5.32 Å². The van der Waals surface area contributed by atoms with Crippen LogP contribution in [0.2, 0.25) is 0 Å². The molecule has 1 aliphatic rings. The van der Waals surface area contributed by atoms with Gasteiger partial charge in [-0.15, -0.1) is 0 Å². The van der Waals surface area contributed by atoms with Gasteiger partial charge in [-0.2, -0.15) is 0 Å². The van der Waals surface area contributed by atoms with Gasteiger partial charge in [0.05, 0.1) is 23.1 Å². The molecule has 0 unspecified atom stereocenters. The predicted octanol–water partition coefficient (Wildman–Crippen LogP) is 4.33. The zero-order valence-corrected chi connectivity index (χ0v) is 18.2. The highest BCUT2D eigenvalue weighted by molar-refractivity contribution is 6.06. The molecule has 166 valence electrons. The van der Waals surface area contributed by atoms with Crippen LogP contribution in [0.5, 0.6) is 0 Å². The Bertz CT molecular complexity index is 1200. The van der Waals surface area contributed by atoms with Gasteiger partial charge in [-0.05, 0) is 61.7 Å². The molecule has 2 heterocycles. The van der Waals surface area contributed by atoms with Crippen molar-refractivity contribution in [2.75, 3.05) is 11.9 Å². The van der Waals surface area contributed by atoms with E-state index in [0.29, 0.717) is 40.9 Å². The Balaban J connectivity index is 1.54. The Hall–Kier alpha value is -3.48. The molecule has 0 spiro atoms. The molecule has 1 aliphatic heterocycles. The predicted molar refractivity (Wildman–Crippen MR) is 123 cm³/mol. The summed E-state index contributed by atoms with van der Waals surface area (Å²) in [4.78, 5) is 42.4. The number of hydrogen-bond acceptors (Lipinski definition) is 5. The first kappa shape index (κ1) is 21.7. The number of carbonyl (C=O) groups excluding carboxylic acids is 2. The largest absolute Gasteiger partial charge is 0.462 e. The SMILES string of the molecule is CCCOC(=O)c1ccc(NC(=O)c2ccc3c(=O)n4c(nc3c2)CCCCCC4)cc1. The monoisotopic (exact) mass is 433 g/mol. The third-order valence-electron chi connectivity index (χ3n) is 5.64. The van der Waals surface area contributed by atoms with Crippen LogP contribution in [0.25, 0.3) is 10.9 Å². The molecule has 32 heavy (non-hydrogen) atoms. The number of fused-ring (bicyclic) bond motifs is 2. The molecule has 7 nitrogen and oxygen atoms in total. The fourth-order valence-electron chi connectivity index (χ4n) is 3.91. The molecule has 1 aromatic heterocycles.